The van der Waals surface area contributed by atoms with E-state index in [0.29, 0.717) is 6.42 Å². The van der Waals surface area contributed by atoms with Crippen molar-refractivity contribution < 1.29 is 112 Å². The van der Waals surface area contributed by atoms with Crippen molar-refractivity contribution in [3.05, 3.63) is 48.0 Å². The molecule has 0 saturated carbocycles. The SMILES string of the molecule is CC[C@H](C)[C@H](NC(=O)[C@H](CCC(=O)O)NC(=O)[C@@H]1CCCN1C(=O)[C@H](Cc1cnc[nH]1)NC(=O)[C@H](CC(=O)O)NC(=O)[C@H](Cc1ccc(O)cc1)NC(=O)[C@H](CCCNC(=N)N)NC(=O)[C@H](CS)NC(=O)[C@H](CCCNC(=N)N)NC(=O)[C@@H]1CCCN1C(=O)[C@H](CC(=O)O)NC(=O)[C@H](CO)NC(=O)[C@H](CS)NC(=O)[C@@H](N)CS)C(=O)N[C@@H](CS)C(N)=O. The number of aromatic amines is 1. The standard InChI is InChI=1S/C71H110N24O23S4/c1-3-33(2)54(67(116)90-46(29-120)55(73)104)93-59(108)40(16-17-51(98)99)84-66(115)50-11-6-20-94(50)68(117)43(23-35-26-78-32-81-35)87-61(110)42(24-52(100)101)86-60(109)41(22-34-12-14-36(97)15-13-34)85-57(106)38(8-4-18-79-70(74)75)82-63(112)48(31-122)92-58(107)39(9-5-19-80-71(76)77)83-65(114)49-10-7-21-95(49)69(118)44(25-53(102)103)88-62(111)45(27-96)89-64(113)47(30-121)91-56(105)37(72)28-119/h12-15,26,32-33,37-50,54,96-97,119-122H,3-11,16-25,27-31,72H2,1-2H3,(H2,73,104)(H,78,81)(H,82,112)(H,83,114)(H,84,115)(H,85,106)(H,86,109)(H,87,110)(H,88,111)(H,89,113)(H,90,116)(H,91,105)(H,92,107)(H,93,108)(H,98,99)(H,100,101)(H,102,103)(H4,74,75,79)(H4,76,77,80)/t33-,37-,38-,39-,40-,41-,42-,43-,44-,45-,46-,47-,48-,49-,50-,54-/m0/s1. The molecular formula is C71H110N24O23S4. The summed E-state index contributed by atoms with van der Waals surface area (Å²) in [5.74, 6) is -23.5. The molecule has 4 rings (SSSR count). The van der Waals surface area contributed by atoms with Gasteiger partial charge in [-0.05, 0) is 81.4 Å². The van der Waals surface area contributed by atoms with Gasteiger partial charge in [-0.25, -0.2) is 4.98 Å². The Balaban J connectivity index is 1.65. The molecule has 0 bridgehead atoms. The quantitative estimate of drug-likeness (QED) is 0.0127. The molecule has 1 aromatic heterocycles. The molecule has 2 fully saturated rings. The summed E-state index contributed by atoms with van der Waals surface area (Å²) >= 11 is 16.3. The molecule has 51 heteroatoms. The van der Waals surface area contributed by atoms with Crippen LogP contribution in [-0.4, -0.2) is 310 Å². The summed E-state index contributed by atoms with van der Waals surface area (Å²) in [4.78, 5) is 256. The topological polar surface area (TPSA) is 764 Å². The molecule has 3 heterocycles. The lowest BCUT2D eigenvalue weighted by Gasteiger charge is -2.31. The summed E-state index contributed by atoms with van der Waals surface area (Å²) in [6.45, 7) is 1.66. The Morgan fingerprint density at radius 3 is 1.38 bits per heavy atom. The lowest BCUT2D eigenvalue weighted by Crippen LogP contribution is -2.61. The van der Waals surface area contributed by atoms with Crippen LogP contribution in [0.5, 0.6) is 5.75 Å². The van der Waals surface area contributed by atoms with Gasteiger partial charge in [-0.3, -0.25) is 97.1 Å². The maximum absolute atomic E-state index is 14.9. The van der Waals surface area contributed by atoms with Crippen LogP contribution in [0.25, 0.3) is 0 Å². The van der Waals surface area contributed by atoms with E-state index in [-0.39, 0.29) is 112 Å². The molecule has 30 N–H and O–H groups in total. The Morgan fingerprint density at radius 1 is 0.500 bits per heavy atom. The van der Waals surface area contributed by atoms with Gasteiger partial charge in [0.05, 0.1) is 31.8 Å². The van der Waals surface area contributed by atoms with E-state index in [2.05, 4.69) is 135 Å². The number of hydrogen-bond acceptors (Lipinski definition) is 28. The zero-order chi connectivity index (χ0) is 91.2. The molecule has 676 valence electrons. The van der Waals surface area contributed by atoms with Crippen molar-refractivity contribution in [1.29, 1.82) is 10.8 Å². The normalized spacial score (nSPS) is 17.0. The number of aliphatic hydroxyl groups is 1. The number of nitrogens with two attached hydrogens (primary N) is 4. The number of amides is 15. The van der Waals surface area contributed by atoms with E-state index in [9.17, 15) is 112 Å². The van der Waals surface area contributed by atoms with Crippen LogP contribution in [0.2, 0.25) is 0 Å². The summed E-state index contributed by atoms with van der Waals surface area (Å²) < 4.78 is 0. The van der Waals surface area contributed by atoms with E-state index in [1.54, 1.807) is 13.8 Å². The first-order valence-electron chi connectivity index (χ1n) is 38.6. The number of phenols is 1. The second-order valence-electron chi connectivity index (χ2n) is 28.6. The molecule has 0 unspecified atom stereocenters. The molecule has 15 amide bonds. The van der Waals surface area contributed by atoms with Gasteiger partial charge in [-0.2, -0.15) is 50.5 Å². The van der Waals surface area contributed by atoms with Crippen molar-refractivity contribution in [2.24, 2.45) is 28.9 Å². The third-order valence-electron chi connectivity index (χ3n) is 19.4. The van der Waals surface area contributed by atoms with Crippen LogP contribution in [0.1, 0.15) is 109 Å². The number of nitrogens with one attached hydrogen (secondary N) is 17. The number of carbonyl (C=O) groups excluding carboxylic acids is 15. The Morgan fingerprint density at radius 2 is 0.910 bits per heavy atom. The largest absolute Gasteiger partial charge is 0.508 e. The fourth-order valence-electron chi connectivity index (χ4n) is 12.6. The maximum atomic E-state index is 14.9. The monoisotopic (exact) mass is 1790 g/mol. The minimum atomic E-state index is -2.11. The number of primary amides is 1. The third kappa shape index (κ3) is 33.9. The smallest absolute Gasteiger partial charge is 0.305 e. The van der Waals surface area contributed by atoms with E-state index >= 15 is 0 Å². The highest BCUT2D eigenvalue weighted by Crippen LogP contribution is 2.24. The van der Waals surface area contributed by atoms with Gasteiger partial charge in [-0.1, -0.05) is 32.4 Å². The van der Waals surface area contributed by atoms with Gasteiger partial charge < -0.3 is 138 Å². The molecule has 2 saturated heterocycles. The number of guanidine groups is 2. The first-order valence-corrected chi connectivity index (χ1v) is 41.2. The van der Waals surface area contributed by atoms with E-state index < -0.39 is 266 Å². The highest BCUT2D eigenvalue weighted by molar-refractivity contribution is 7.80. The number of imidazole rings is 1. The van der Waals surface area contributed by atoms with Crippen LogP contribution < -0.4 is 97.4 Å². The van der Waals surface area contributed by atoms with Gasteiger partial charge >= 0.3 is 17.9 Å². The molecule has 16 atom stereocenters. The Labute approximate surface area is 721 Å². The van der Waals surface area contributed by atoms with Crippen molar-refractivity contribution in [2.45, 2.75) is 201 Å². The summed E-state index contributed by atoms with van der Waals surface area (Å²) in [5, 5.41) is 99.5. The van der Waals surface area contributed by atoms with Crippen LogP contribution in [0, 0.1) is 16.7 Å². The van der Waals surface area contributed by atoms with Crippen molar-refractivity contribution in [1.82, 2.24) is 94.2 Å². The van der Waals surface area contributed by atoms with E-state index in [0.717, 1.165) is 9.80 Å². The average molecular weight is 1800 g/mol. The summed E-state index contributed by atoms with van der Waals surface area (Å²) in [6, 6.07) is -19.0. The number of phenolic OH excluding ortho intramolecular Hbond substituents is 1. The van der Waals surface area contributed by atoms with Crippen molar-refractivity contribution in [3.8, 4) is 5.75 Å². The molecule has 2 aromatic rings. The number of aromatic hydroxyl groups is 1. The highest BCUT2D eigenvalue weighted by Gasteiger charge is 2.44. The number of carbonyl (C=O) groups is 18. The summed E-state index contributed by atoms with van der Waals surface area (Å²) in [6.07, 6.45) is -2.20. The summed E-state index contributed by atoms with van der Waals surface area (Å²) in [7, 11) is 0. The number of hydrogen-bond donors (Lipinski definition) is 30. The Hall–Kier alpha value is -11.4. The first-order chi connectivity index (χ1) is 57.7. The molecule has 2 aliphatic heterocycles. The second-order valence-corrected chi connectivity index (χ2v) is 30.1. The van der Waals surface area contributed by atoms with Crippen LogP contribution in [0.4, 0.5) is 0 Å². The first kappa shape index (κ1) is 103. The van der Waals surface area contributed by atoms with Gasteiger partial charge in [0.2, 0.25) is 88.6 Å². The van der Waals surface area contributed by atoms with Crippen LogP contribution in [0.3, 0.4) is 0 Å². The molecule has 1 aromatic carbocycles. The van der Waals surface area contributed by atoms with Crippen molar-refractivity contribution in [2.75, 3.05) is 55.8 Å². The molecule has 122 heavy (non-hydrogen) atoms. The van der Waals surface area contributed by atoms with Crippen molar-refractivity contribution in [3.63, 3.8) is 0 Å². The van der Waals surface area contributed by atoms with Crippen LogP contribution in [-0.2, 0) is 99.1 Å². The van der Waals surface area contributed by atoms with E-state index in [1.165, 1.54) is 36.8 Å². The zero-order valence-electron chi connectivity index (χ0n) is 66.7. The van der Waals surface area contributed by atoms with Gasteiger partial charge in [-0.15, -0.1) is 0 Å². The molecule has 2 aliphatic rings. The minimum Gasteiger partial charge on any atom is -0.508 e. The number of thiol groups is 4. The second kappa shape index (κ2) is 52.0. The Kier molecular flexibility index (Phi) is 43.9. The van der Waals surface area contributed by atoms with E-state index in [1.807, 2.05) is 0 Å². The lowest BCUT2D eigenvalue weighted by atomic mass is 9.97. The van der Waals surface area contributed by atoms with Gasteiger partial charge in [0.15, 0.2) is 11.9 Å². The average Bonchev–Trinajstić information content (AvgIpc) is 1.68. The zero-order valence-corrected chi connectivity index (χ0v) is 70.3. The fourth-order valence-corrected chi connectivity index (χ4v) is 13.6. The molecule has 47 nitrogen and oxygen atoms in total. The highest BCUT2D eigenvalue weighted by atomic mass is 32.1. The number of aliphatic hydroxyl groups excluding tert-OH is 1. The number of carboxylic acids is 3. The number of likely N-dealkylation sites (tertiary alicyclic amines) is 2. The number of aromatic nitrogens is 2. The number of H-pyrrole nitrogens is 1. The predicted molar refractivity (Wildman–Crippen MR) is 446 cm³/mol. The fraction of sp³-hybridized carbons (Fsp3) is 0.592. The van der Waals surface area contributed by atoms with Gasteiger partial charge in [0.25, 0.3) is 0 Å². The molecule has 0 radical (unpaired) electrons. The van der Waals surface area contributed by atoms with Crippen molar-refractivity contribution >= 4 is 169 Å². The van der Waals surface area contributed by atoms with Gasteiger partial charge in [0.1, 0.15) is 90.3 Å². The lowest BCUT2D eigenvalue weighted by molar-refractivity contribution is -0.146. The number of aliphatic carboxylic acids is 3. The minimum absolute atomic E-state index is 0.0206. The van der Waals surface area contributed by atoms with Crippen LogP contribution in [0.15, 0.2) is 36.8 Å². The Bertz CT molecular complexity index is 4030. The van der Waals surface area contributed by atoms with Gasteiger partial charge in [0, 0.05) is 80.3 Å². The predicted octanol–water partition coefficient (Wildman–Crippen LogP) is -9.39. The molecule has 0 aliphatic carbocycles. The molecular weight excluding hydrogens is 1690 g/mol. The van der Waals surface area contributed by atoms with E-state index in [4.69, 9.17) is 33.8 Å². The molecule has 0 spiro atoms. The maximum Gasteiger partial charge on any atom is 0.305 e. The third-order valence-corrected chi connectivity index (χ3v) is 20.9. The van der Waals surface area contributed by atoms with Crippen LogP contribution >= 0.6 is 50.5 Å². The number of benzene rings is 1. The number of rotatable bonds is 53. The number of carboxylic acid groups (broad SMARTS) is 3. The number of nitrogens with zero attached hydrogens (tertiary/aromatic N) is 3. The summed E-state index contributed by atoms with van der Waals surface area (Å²) in [5.41, 5.74) is 22.5.